The second-order valence-corrected chi connectivity index (χ2v) is 9.22. The number of benzene rings is 1. The van der Waals surface area contributed by atoms with Gasteiger partial charge in [0.2, 0.25) is 17.6 Å². The van der Waals surface area contributed by atoms with Gasteiger partial charge in [-0.3, -0.25) is 19.3 Å². The molecular weight excluding hydrogens is 456 g/mol. The van der Waals surface area contributed by atoms with Crippen molar-refractivity contribution >= 4 is 29.6 Å². The van der Waals surface area contributed by atoms with Crippen LogP contribution in [0.1, 0.15) is 35.7 Å². The van der Waals surface area contributed by atoms with Gasteiger partial charge in [0.25, 0.3) is 5.91 Å². The van der Waals surface area contributed by atoms with Gasteiger partial charge in [-0.15, -0.1) is 0 Å². The first-order chi connectivity index (χ1) is 16.6. The van der Waals surface area contributed by atoms with Gasteiger partial charge in [0.15, 0.2) is 17.6 Å². The van der Waals surface area contributed by atoms with Gasteiger partial charge in [0, 0.05) is 24.9 Å². The molecule has 1 aromatic rings. The molecule has 35 heavy (non-hydrogen) atoms. The Morgan fingerprint density at radius 2 is 1.94 bits per heavy atom. The molecule has 1 aromatic carbocycles. The minimum Gasteiger partial charge on any atom is -0.370 e. The zero-order valence-corrected chi connectivity index (χ0v) is 19.1. The SMILES string of the molecule is CCc1cccc(C(=O)NC2CN3C(N)=NC(CN4C(=O)CCC4=O)C4N=C(N)N[C@]43C2(O)O)c1. The minimum absolute atomic E-state index is 0.0556. The van der Waals surface area contributed by atoms with E-state index >= 15 is 0 Å². The van der Waals surface area contributed by atoms with E-state index < -0.39 is 35.5 Å². The van der Waals surface area contributed by atoms with Gasteiger partial charge in [0.05, 0.1) is 12.6 Å². The van der Waals surface area contributed by atoms with Crippen molar-refractivity contribution in [2.45, 2.75) is 55.8 Å². The molecule has 3 amide bonds. The molecule has 186 valence electrons. The number of guanidine groups is 2. The second kappa shape index (κ2) is 7.92. The summed E-state index contributed by atoms with van der Waals surface area (Å²) in [6, 6.07) is 3.96. The molecule has 0 bridgehead atoms. The lowest BCUT2D eigenvalue weighted by atomic mass is 9.84. The summed E-state index contributed by atoms with van der Waals surface area (Å²) in [6.45, 7) is 1.74. The van der Waals surface area contributed by atoms with E-state index in [9.17, 15) is 24.6 Å². The number of imide groups is 1. The Kier molecular flexibility index (Phi) is 5.21. The highest BCUT2D eigenvalue weighted by atomic mass is 16.5. The molecule has 0 saturated carbocycles. The van der Waals surface area contributed by atoms with Crippen LogP contribution in [-0.4, -0.2) is 92.3 Å². The zero-order chi connectivity index (χ0) is 25.1. The van der Waals surface area contributed by atoms with E-state index in [4.69, 9.17) is 11.5 Å². The molecule has 0 aromatic heterocycles. The first-order valence-electron chi connectivity index (χ1n) is 11.5. The van der Waals surface area contributed by atoms with Crippen molar-refractivity contribution in [2.24, 2.45) is 21.5 Å². The summed E-state index contributed by atoms with van der Waals surface area (Å²) in [6.07, 6.45) is 0.950. The third kappa shape index (κ3) is 3.33. The Morgan fingerprint density at radius 1 is 1.23 bits per heavy atom. The number of hydrogen-bond donors (Lipinski definition) is 6. The molecule has 13 nitrogen and oxygen atoms in total. The van der Waals surface area contributed by atoms with E-state index in [1.807, 2.05) is 13.0 Å². The van der Waals surface area contributed by atoms with Crippen LogP contribution in [0.4, 0.5) is 0 Å². The monoisotopic (exact) mass is 484 g/mol. The fraction of sp³-hybridized carbons (Fsp3) is 0.500. The summed E-state index contributed by atoms with van der Waals surface area (Å²) in [5, 5.41) is 28.5. The average molecular weight is 485 g/mol. The molecular formula is C22H28N8O5. The number of aliphatic imine (C=N–C) groups is 2. The van der Waals surface area contributed by atoms with Crippen LogP contribution >= 0.6 is 0 Å². The van der Waals surface area contributed by atoms with Crippen molar-refractivity contribution in [2.75, 3.05) is 13.1 Å². The number of aliphatic hydroxyl groups is 2. The highest BCUT2D eigenvalue weighted by Gasteiger charge is 2.73. The van der Waals surface area contributed by atoms with Crippen molar-refractivity contribution in [1.29, 1.82) is 0 Å². The quantitative estimate of drug-likeness (QED) is 0.188. The number of nitrogens with zero attached hydrogens (tertiary/aromatic N) is 4. The lowest BCUT2D eigenvalue weighted by molar-refractivity contribution is -0.230. The Labute approximate surface area is 200 Å². The van der Waals surface area contributed by atoms with Crippen molar-refractivity contribution in [1.82, 2.24) is 20.4 Å². The van der Waals surface area contributed by atoms with E-state index in [1.165, 1.54) is 4.90 Å². The van der Waals surface area contributed by atoms with E-state index in [1.54, 1.807) is 18.2 Å². The van der Waals surface area contributed by atoms with Crippen LogP contribution in [0, 0.1) is 0 Å². The second-order valence-electron chi connectivity index (χ2n) is 9.22. The van der Waals surface area contributed by atoms with Gasteiger partial charge < -0.3 is 37.2 Å². The van der Waals surface area contributed by atoms with Gasteiger partial charge >= 0.3 is 0 Å². The van der Waals surface area contributed by atoms with E-state index in [2.05, 4.69) is 20.6 Å². The third-order valence-corrected chi connectivity index (χ3v) is 7.23. The molecule has 0 radical (unpaired) electrons. The molecule has 0 aliphatic carbocycles. The van der Waals surface area contributed by atoms with Crippen LogP contribution in [0.2, 0.25) is 0 Å². The molecule has 4 aliphatic rings. The average Bonchev–Trinajstić information content (AvgIpc) is 3.42. The number of amides is 3. The Bertz CT molecular complexity index is 1150. The largest absolute Gasteiger partial charge is 0.370 e. The molecule has 4 heterocycles. The number of nitrogens with two attached hydrogens (primary N) is 2. The van der Waals surface area contributed by atoms with Crippen molar-refractivity contribution in [3.63, 3.8) is 0 Å². The highest BCUT2D eigenvalue weighted by molar-refractivity contribution is 6.02. The van der Waals surface area contributed by atoms with Crippen molar-refractivity contribution in [3.05, 3.63) is 35.4 Å². The zero-order valence-electron chi connectivity index (χ0n) is 19.1. The predicted molar refractivity (Wildman–Crippen MR) is 124 cm³/mol. The number of aryl methyl sites for hydroxylation is 1. The summed E-state index contributed by atoms with van der Waals surface area (Å²) in [5.41, 5.74) is 11.8. The van der Waals surface area contributed by atoms with Crippen molar-refractivity contribution < 1.29 is 24.6 Å². The van der Waals surface area contributed by atoms with Crippen LogP contribution in [-0.2, 0) is 16.0 Å². The van der Waals surface area contributed by atoms with E-state index in [0.717, 1.165) is 16.9 Å². The fourth-order valence-corrected chi connectivity index (χ4v) is 5.42. The maximum atomic E-state index is 13.0. The maximum absolute atomic E-state index is 13.0. The van der Waals surface area contributed by atoms with Gasteiger partial charge in [-0.2, -0.15) is 0 Å². The lowest BCUT2D eigenvalue weighted by Gasteiger charge is -2.49. The molecule has 8 N–H and O–H groups in total. The van der Waals surface area contributed by atoms with Crippen LogP contribution in [0.3, 0.4) is 0 Å². The maximum Gasteiger partial charge on any atom is 0.251 e. The van der Waals surface area contributed by atoms with Crippen LogP contribution in [0.5, 0.6) is 0 Å². The van der Waals surface area contributed by atoms with Crippen molar-refractivity contribution in [3.8, 4) is 0 Å². The van der Waals surface area contributed by atoms with Crippen LogP contribution in [0.15, 0.2) is 34.3 Å². The van der Waals surface area contributed by atoms with E-state index in [-0.39, 0.29) is 49.7 Å². The lowest BCUT2D eigenvalue weighted by Crippen LogP contribution is -2.78. The number of carbonyl (C=O) groups is 3. The normalized spacial score (nSPS) is 31.0. The first kappa shape index (κ1) is 23.1. The Morgan fingerprint density at radius 3 is 2.63 bits per heavy atom. The third-order valence-electron chi connectivity index (χ3n) is 7.23. The summed E-state index contributed by atoms with van der Waals surface area (Å²) in [7, 11) is 0. The number of nitrogens with one attached hydrogen (secondary N) is 2. The molecule has 5 rings (SSSR count). The van der Waals surface area contributed by atoms with Crippen LogP contribution < -0.4 is 22.1 Å². The summed E-state index contributed by atoms with van der Waals surface area (Å²) in [4.78, 5) is 48.7. The molecule has 4 aliphatic heterocycles. The predicted octanol–water partition coefficient (Wildman–Crippen LogP) is -2.83. The molecule has 4 atom stereocenters. The van der Waals surface area contributed by atoms with Gasteiger partial charge in [0.1, 0.15) is 12.1 Å². The summed E-state index contributed by atoms with van der Waals surface area (Å²) < 4.78 is 0. The molecule has 3 unspecified atom stereocenters. The Balaban J connectivity index is 1.46. The highest BCUT2D eigenvalue weighted by Crippen LogP contribution is 2.45. The fourth-order valence-electron chi connectivity index (χ4n) is 5.42. The topological polar surface area (TPSA) is 199 Å². The molecule has 2 saturated heterocycles. The summed E-state index contributed by atoms with van der Waals surface area (Å²) in [5.74, 6) is -3.90. The van der Waals surface area contributed by atoms with Crippen LogP contribution in [0.25, 0.3) is 0 Å². The van der Waals surface area contributed by atoms with Gasteiger partial charge in [-0.05, 0) is 24.1 Å². The van der Waals surface area contributed by atoms with Gasteiger partial charge in [-0.25, -0.2) is 9.98 Å². The molecule has 13 heteroatoms. The smallest absolute Gasteiger partial charge is 0.251 e. The molecule has 2 fully saturated rings. The number of carbonyl (C=O) groups excluding carboxylic acids is 3. The standard InChI is InChI=1S/C22H28N8O5/c1-2-11-4-3-5-12(8-11)18(33)26-14-10-30-20(24)25-13(9-29-15(31)6-7-16(29)32)17-21(30,22(14,34)35)28-19(23)27-17/h3-5,8,13-14,17,34-35H,2,6-7,9-10H2,1H3,(H2,24,25)(H,26,33)(H3,23,27,28)/t13?,14?,17?,21-/m1/s1. The van der Waals surface area contributed by atoms with Gasteiger partial charge in [-0.1, -0.05) is 19.1 Å². The van der Waals surface area contributed by atoms with E-state index in [0.29, 0.717) is 5.56 Å². The number of rotatable bonds is 5. The first-order valence-corrected chi connectivity index (χ1v) is 11.5. The minimum atomic E-state index is -2.60. The Hall–Kier alpha value is -3.71. The number of hydrogen-bond acceptors (Lipinski definition) is 11. The summed E-state index contributed by atoms with van der Waals surface area (Å²) >= 11 is 0. The number of likely N-dealkylation sites (tertiary alicyclic amines) is 1. The molecule has 1 spiro atoms.